The van der Waals surface area contributed by atoms with Gasteiger partial charge in [-0.05, 0) is 53.1 Å². The summed E-state index contributed by atoms with van der Waals surface area (Å²) < 4.78 is 0. The topological polar surface area (TPSA) is 96.3 Å². The van der Waals surface area contributed by atoms with Crippen LogP contribution in [-0.2, 0) is 22.4 Å². The van der Waals surface area contributed by atoms with Crippen LogP contribution in [0.5, 0.6) is 0 Å². The van der Waals surface area contributed by atoms with E-state index in [0.717, 1.165) is 27.8 Å². The van der Waals surface area contributed by atoms with Gasteiger partial charge in [0, 0.05) is 34.5 Å². The summed E-state index contributed by atoms with van der Waals surface area (Å²) in [7, 11) is 0. The van der Waals surface area contributed by atoms with Crippen molar-refractivity contribution < 1.29 is 9.59 Å². The number of halogens is 1. The molecule has 42 heavy (non-hydrogen) atoms. The van der Waals surface area contributed by atoms with E-state index in [1.54, 1.807) is 24.4 Å². The lowest BCUT2D eigenvalue weighted by Gasteiger charge is -2.12. The number of carbonyl (C=O) groups is 2. The van der Waals surface area contributed by atoms with Gasteiger partial charge in [-0.3, -0.25) is 14.6 Å². The van der Waals surface area contributed by atoms with Crippen molar-refractivity contribution in [2.45, 2.75) is 18.9 Å². The minimum absolute atomic E-state index is 0.146. The number of nitrogens with zero attached hydrogens (tertiary/aromatic N) is 3. The number of benzodiazepines with no additional fused rings is 1. The van der Waals surface area contributed by atoms with E-state index in [0.29, 0.717) is 34.2 Å². The van der Waals surface area contributed by atoms with Crippen LogP contribution in [0.3, 0.4) is 0 Å². The highest BCUT2D eigenvalue weighted by Crippen LogP contribution is 2.29. The summed E-state index contributed by atoms with van der Waals surface area (Å²) >= 11 is 6.29. The molecule has 0 fully saturated rings. The number of benzene rings is 4. The van der Waals surface area contributed by atoms with Crippen LogP contribution in [0.1, 0.15) is 22.4 Å². The van der Waals surface area contributed by atoms with E-state index in [1.807, 2.05) is 60.7 Å². The van der Waals surface area contributed by atoms with Crippen molar-refractivity contribution >= 4 is 40.5 Å². The molecule has 1 unspecified atom stereocenters. The summed E-state index contributed by atoms with van der Waals surface area (Å²) in [5.41, 5.74) is 7.40. The van der Waals surface area contributed by atoms with Gasteiger partial charge >= 0.3 is 0 Å². The van der Waals surface area contributed by atoms with E-state index >= 15 is 0 Å². The van der Waals surface area contributed by atoms with E-state index < -0.39 is 6.04 Å². The fraction of sp³-hybridized carbons (Fsp3) is 0.0882. The number of amides is 2. The minimum Gasteiger partial charge on any atom is -0.326 e. The molecule has 8 heteroatoms. The molecule has 4 aromatic carbocycles. The Balaban J connectivity index is 1.26. The van der Waals surface area contributed by atoms with Crippen LogP contribution < -0.4 is 10.6 Å². The minimum atomic E-state index is -0.652. The van der Waals surface area contributed by atoms with Gasteiger partial charge in [-0.2, -0.15) is 0 Å². The standard InChI is InChI=1S/C34H26ClN5O2/c35-26-12-15-29-30(19-26)40-34(42)31(18-22-6-8-24(9-7-22)23-4-2-1-3-5-23)39-33(29)25-10-13-27(14-11-25)38-32(41)20-28-16-17-36-21-37-28/h1-17,19,21,31H,18,20H2,(H,38,41)(H,40,42). The average Bonchev–Trinajstić information content (AvgIpc) is 3.14. The van der Waals surface area contributed by atoms with E-state index in [1.165, 1.54) is 6.33 Å². The molecule has 206 valence electrons. The van der Waals surface area contributed by atoms with Gasteiger partial charge in [0.25, 0.3) is 0 Å². The van der Waals surface area contributed by atoms with Gasteiger partial charge < -0.3 is 10.6 Å². The molecule has 1 aliphatic heterocycles. The molecule has 0 radical (unpaired) electrons. The Kier molecular flexibility index (Phi) is 7.83. The first kappa shape index (κ1) is 27.1. The lowest BCUT2D eigenvalue weighted by molar-refractivity contribution is -0.117. The molecular weight excluding hydrogens is 546 g/mol. The second-order valence-electron chi connectivity index (χ2n) is 9.94. The van der Waals surface area contributed by atoms with E-state index in [9.17, 15) is 9.59 Å². The summed E-state index contributed by atoms with van der Waals surface area (Å²) in [6.07, 6.45) is 3.61. The molecule has 2 amide bonds. The highest BCUT2D eigenvalue weighted by Gasteiger charge is 2.26. The van der Waals surface area contributed by atoms with Crippen molar-refractivity contribution in [3.8, 4) is 11.1 Å². The maximum Gasteiger partial charge on any atom is 0.249 e. The second kappa shape index (κ2) is 12.2. The summed E-state index contributed by atoms with van der Waals surface area (Å²) in [6, 6.07) is 32.2. The number of hydrogen-bond donors (Lipinski definition) is 2. The maximum atomic E-state index is 13.4. The quantitative estimate of drug-likeness (QED) is 0.237. The Morgan fingerprint density at radius 1 is 0.857 bits per heavy atom. The number of aromatic nitrogens is 2. The molecule has 2 heterocycles. The molecule has 0 spiro atoms. The third-order valence-electron chi connectivity index (χ3n) is 7.00. The van der Waals surface area contributed by atoms with Crippen molar-refractivity contribution in [2.75, 3.05) is 10.6 Å². The maximum absolute atomic E-state index is 13.4. The van der Waals surface area contributed by atoms with Crippen LogP contribution in [-0.4, -0.2) is 33.5 Å². The summed E-state index contributed by atoms with van der Waals surface area (Å²) in [5.74, 6) is -0.379. The van der Waals surface area contributed by atoms with Crippen LogP contribution >= 0.6 is 11.6 Å². The molecule has 2 N–H and O–H groups in total. The summed E-state index contributed by atoms with van der Waals surface area (Å²) in [4.78, 5) is 38.8. The van der Waals surface area contributed by atoms with E-state index in [-0.39, 0.29) is 18.2 Å². The molecule has 1 atom stereocenters. The number of hydrogen-bond acceptors (Lipinski definition) is 5. The average molecular weight is 572 g/mol. The van der Waals surface area contributed by atoms with Crippen LogP contribution in [0.4, 0.5) is 11.4 Å². The lowest BCUT2D eigenvalue weighted by Crippen LogP contribution is -2.27. The first-order valence-electron chi connectivity index (χ1n) is 13.5. The predicted molar refractivity (Wildman–Crippen MR) is 166 cm³/mol. The Bertz CT molecular complexity index is 1760. The van der Waals surface area contributed by atoms with Gasteiger partial charge in [0.15, 0.2) is 0 Å². The Labute approximate surface area is 248 Å². The molecule has 1 aromatic heterocycles. The zero-order valence-electron chi connectivity index (χ0n) is 22.5. The molecule has 1 aliphatic rings. The molecule has 6 rings (SSSR count). The predicted octanol–water partition coefficient (Wildman–Crippen LogP) is 6.38. The first-order valence-corrected chi connectivity index (χ1v) is 13.9. The number of fused-ring (bicyclic) bond motifs is 1. The highest BCUT2D eigenvalue weighted by atomic mass is 35.5. The third-order valence-corrected chi connectivity index (χ3v) is 7.23. The zero-order valence-corrected chi connectivity index (χ0v) is 23.3. The monoisotopic (exact) mass is 571 g/mol. The van der Waals surface area contributed by atoms with Gasteiger partial charge in [-0.25, -0.2) is 9.97 Å². The number of anilines is 2. The lowest BCUT2D eigenvalue weighted by atomic mass is 9.99. The fourth-order valence-electron chi connectivity index (χ4n) is 4.89. The van der Waals surface area contributed by atoms with Gasteiger partial charge in [-0.1, -0.05) is 78.3 Å². The molecule has 7 nitrogen and oxygen atoms in total. The van der Waals surface area contributed by atoms with Crippen LogP contribution in [0, 0.1) is 0 Å². The zero-order chi connectivity index (χ0) is 28.9. The van der Waals surface area contributed by atoms with Crippen molar-refractivity contribution in [1.29, 1.82) is 0 Å². The smallest absolute Gasteiger partial charge is 0.249 e. The fourth-order valence-corrected chi connectivity index (χ4v) is 5.06. The van der Waals surface area contributed by atoms with Gasteiger partial charge in [-0.15, -0.1) is 0 Å². The molecule has 0 saturated heterocycles. The van der Waals surface area contributed by atoms with Crippen LogP contribution in [0.2, 0.25) is 5.02 Å². The molecule has 0 aliphatic carbocycles. The van der Waals surface area contributed by atoms with Crippen LogP contribution in [0.15, 0.2) is 121 Å². The van der Waals surface area contributed by atoms with Gasteiger partial charge in [0.05, 0.1) is 23.5 Å². The SMILES string of the molecule is O=C(Cc1ccncn1)Nc1ccc(C2=NC(Cc3ccc(-c4ccccc4)cc3)C(=O)Nc3cc(Cl)ccc32)cc1. The molecule has 0 bridgehead atoms. The van der Waals surface area contributed by atoms with Gasteiger partial charge in [0.2, 0.25) is 11.8 Å². The van der Waals surface area contributed by atoms with Crippen molar-refractivity contribution in [3.05, 3.63) is 143 Å². The number of rotatable bonds is 7. The first-order chi connectivity index (χ1) is 20.5. The Hall–Kier alpha value is -5.14. The number of carbonyl (C=O) groups excluding carboxylic acids is 2. The number of aliphatic imine (C=N–C) groups is 1. The summed E-state index contributed by atoms with van der Waals surface area (Å²) in [5, 5.41) is 6.45. The van der Waals surface area contributed by atoms with Crippen molar-refractivity contribution in [1.82, 2.24) is 9.97 Å². The molecule has 0 saturated carbocycles. The van der Waals surface area contributed by atoms with E-state index in [4.69, 9.17) is 16.6 Å². The highest BCUT2D eigenvalue weighted by molar-refractivity contribution is 6.31. The molecule has 5 aromatic rings. The Morgan fingerprint density at radius 2 is 1.60 bits per heavy atom. The normalized spacial score (nSPS) is 14.3. The van der Waals surface area contributed by atoms with E-state index in [2.05, 4.69) is 44.9 Å². The third kappa shape index (κ3) is 6.27. The number of nitrogens with one attached hydrogen (secondary N) is 2. The summed E-state index contributed by atoms with van der Waals surface area (Å²) in [6.45, 7) is 0. The molecular formula is C34H26ClN5O2. The van der Waals surface area contributed by atoms with Crippen molar-refractivity contribution in [2.24, 2.45) is 4.99 Å². The van der Waals surface area contributed by atoms with Crippen LogP contribution in [0.25, 0.3) is 11.1 Å². The van der Waals surface area contributed by atoms with Crippen molar-refractivity contribution in [3.63, 3.8) is 0 Å². The largest absolute Gasteiger partial charge is 0.326 e. The Morgan fingerprint density at radius 3 is 2.33 bits per heavy atom. The second-order valence-corrected chi connectivity index (χ2v) is 10.4. The van der Waals surface area contributed by atoms with Gasteiger partial charge in [0.1, 0.15) is 12.4 Å².